The summed E-state index contributed by atoms with van der Waals surface area (Å²) < 4.78 is 17.3. The number of ether oxygens (including phenoxy) is 3. The lowest BCUT2D eigenvalue weighted by molar-refractivity contribution is -0.121. The third-order valence-electron chi connectivity index (χ3n) is 4.61. The van der Waals surface area contributed by atoms with Gasteiger partial charge in [-0.3, -0.25) is 20.4 Å². The molecule has 10 nitrogen and oxygen atoms in total. The Morgan fingerprint density at radius 3 is 2.25 bits per heavy atom. The van der Waals surface area contributed by atoms with Crippen LogP contribution in [0.25, 0.3) is 5.69 Å². The minimum Gasteiger partial charge on any atom is -0.504 e. The molecule has 0 aliphatic carbocycles. The molecule has 0 fully saturated rings. The van der Waals surface area contributed by atoms with Crippen LogP contribution in [0.1, 0.15) is 22.5 Å². The quantitative estimate of drug-likeness (QED) is 0.458. The Morgan fingerprint density at radius 1 is 1.00 bits per heavy atom. The van der Waals surface area contributed by atoms with Crippen molar-refractivity contribution in [2.75, 3.05) is 21.3 Å². The van der Waals surface area contributed by atoms with E-state index in [1.807, 2.05) is 18.2 Å². The molecule has 168 valence electrons. The summed E-state index contributed by atoms with van der Waals surface area (Å²) in [6.45, 7) is 0. The summed E-state index contributed by atoms with van der Waals surface area (Å²) in [5, 5.41) is 14.1. The fraction of sp³-hybridized carbons (Fsp3) is 0.227. The van der Waals surface area contributed by atoms with Gasteiger partial charge in [0.05, 0.1) is 33.2 Å². The van der Waals surface area contributed by atoms with Crippen molar-refractivity contribution in [3.63, 3.8) is 0 Å². The fourth-order valence-corrected chi connectivity index (χ4v) is 3.03. The number of aryl methyl sites for hydroxylation is 1. The molecule has 0 unspecified atom stereocenters. The molecule has 1 aromatic heterocycles. The highest BCUT2D eigenvalue weighted by Crippen LogP contribution is 2.38. The zero-order valence-corrected chi connectivity index (χ0v) is 17.9. The molecular weight excluding hydrogens is 416 g/mol. The van der Waals surface area contributed by atoms with Crippen molar-refractivity contribution in [3.8, 4) is 28.7 Å². The van der Waals surface area contributed by atoms with E-state index in [4.69, 9.17) is 14.2 Å². The number of aromatic nitrogens is 2. The van der Waals surface area contributed by atoms with Crippen LogP contribution < -0.4 is 25.1 Å². The fourth-order valence-electron chi connectivity index (χ4n) is 3.03. The third-order valence-corrected chi connectivity index (χ3v) is 4.61. The highest BCUT2D eigenvalue weighted by Gasteiger charge is 2.18. The number of amides is 2. The van der Waals surface area contributed by atoms with E-state index in [9.17, 15) is 14.7 Å². The van der Waals surface area contributed by atoms with Crippen LogP contribution in [0.15, 0.2) is 48.7 Å². The summed E-state index contributed by atoms with van der Waals surface area (Å²) >= 11 is 0. The zero-order valence-electron chi connectivity index (χ0n) is 17.9. The van der Waals surface area contributed by atoms with Gasteiger partial charge in [-0.1, -0.05) is 18.2 Å². The average molecular weight is 440 g/mol. The lowest BCUT2D eigenvalue weighted by Crippen LogP contribution is -2.42. The van der Waals surface area contributed by atoms with E-state index in [2.05, 4.69) is 16.0 Å². The van der Waals surface area contributed by atoms with Crippen LogP contribution in [-0.4, -0.2) is 48.0 Å². The molecule has 32 heavy (non-hydrogen) atoms. The van der Waals surface area contributed by atoms with E-state index in [1.165, 1.54) is 32.2 Å². The van der Waals surface area contributed by atoms with Gasteiger partial charge in [-0.05, 0) is 36.2 Å². The average Bonchev–Trinajstić information content (AvgIpc) is 3.22. The third kappa shape index (κ3) is 5.09. The van der Waals surface area contributed by atoms with E-state index in [0.717, 1.165) is 5.56 Å². The largest absolute Gasteiger partial charge is 0.504 e. The molecule has 3 N–H and O–H groups in total. The Balaban J connectivity index is 1.58. The zero-order chi connectivity index (χ0) is 23.1. The van der Waals surface area contributed by atoms with Gasteiger partial charge in [0.1, 0.15) is 0 Å². The number of hydrazine groups is 1. The molecule has 2 aromatic carbocycles. The van der Waals surface area contributed by atoms with Gasteiger partial charge < -0.3 is 19.3 Å². The first-order valence-corrected chi connectivity index (χ1v) is 9.69. The van der Waals surface area contributed by atoms with Crippen molar-refractivity contribution >= 4 is 11.8 Å². The first kappa shape index (κ1) is 22.5. The van der Waals surface area contributed by atoms with Crippen LogP contribution in [0, 0.1) is 0 Å². The molecule has 10 heteroatoms. The van der Waals surface area contributed by atoms with Crippen molar-refractivity contribution in [1.29, 1.82) is 0 Å². The molecule has 3 rings (SSSR count). The molecule has 0 atom stereocenters. The summed E-state index contributed by atoms with van der Waals surface area (Å²) in [4.78, 5) is 24.5. The molecule has 0 saturated heterocycles. The number of para-hydroxylation sites is 1. The maximum atomic E-state index is 12.3. The van der Waals surface area contributed by atoms with Crippen LogP contribution in [0.4, 0.5) is 0 Å². The molecule has 0 radical (unpaired) electrons. The lowest BCUT2D eigenvalue weighted by Gasteiger charge is -2.14. The molecule has 0 aliphatic heterocycles. The lowest BCUT2D eigenvalue weighted by atomic mass is 10.1. The molecule has 0 saturated carbocycles. The number of hydrogen-bond acceptors (Lipinski definition) is 7. The number of benzene rings is 2. The number of nitrogens with zero attached hydrogens (tertiary/aromatic N) is 2. The van der Waals surface area contributed by atoms with Gasteiger partial charge in [0.25, 0.3) is 5.91 Å². The SMILES string of the molecule is COc1cc(CCC(=O)NNC(=O)c2nn(-c3ccccc3)cc2O)cc(OC)c1OC. The van der Waals surface area contributed by atoms with Crippen LogP contribution in [-0.2, 0) is 11.2 Å². The topological polar surface area (TPSA) is 124 Å². The predicted octanol–water partition coefficient (Wildman–Crippen LogP) is 2.00. The molecule has 0 bridgehead atoms. The summed E-state index contributed by atoms with van der Waals surface area (Å²) in [6, 6.07) is 12.5. The Hall–Kier alpha value is -4.21. The Kier molecular flexibility index (Phi) is 7.17. The minimum atomic E-state index is -0.738. The van der Waals surface area contributed by atoms with E-state index in [0.29, 0.717) is 29.4 Å². The van der Waals surface area contributed by atoms with Crippen molar-refractivity contribution < 1.29 is 28.9 Å². The van der Waals surface area contributed by atoms with Gasteiger partial charge >= 0.3 is 0 Å². The number of aromatic hydroxyl groups is 1. The van der Waals surface area contributed by atoms with Crippen LogP contribution >= 0.6 is 0 Å². The van der Waals surface area contributed by atoms with E-state index >= 15 is 0 Å². The standard InChI is InChI=1S/C22H24N4O6/c1-30-17-11-14(12-18(31-2)21(17)32-3)9-10-19(28)23-24-22(29)20-16(27)13-26(25-20)15-7-5-4-6-8-15/h4-8,11-13,27H,9-10H2,1-3H3,(H,23,28)(H,24,29). The highest BCUT2D eigenvalue weighted by molar-refractivity contribution is 5.95. The maximum absolute atomic E-state index is 12.3. The molecule has 2 amide bonds. The van der Waals surface area contributed by atoms with Crippen LogP contribution in [0.5, 0.6) is 23.0 Å². The molecular formula is C22H24N4O6. The number of carbonyl (C=O) groups excluding carboxylic acids is 2. The highest BCUT2D eigenvalue weighted by atomic mass is 16.5. The smallest absolute Gasteiger partial charge is 0.294 e. The summed E-state index contributed by atoms with van der Waals surface area (Å²) in [5.74, 6) is -0.0317. The van der Waals surface area contributed by atoms with Gasteiger partial charge in [-0.15, -0.1) is 0 Å². The van der Waals surface area contributed by atoms with Crippen molar-refractivity contribution in [2.45, 2.75) is 12.8 Å². The number of nitrogens with one attached hydrogen (secondary N) is 2. The second-order valence-corrected chi connectivity index (χ2v) is 6.68. The van der Waals surface area contributed by atoms with E-state index in [-0.39, 0.29) is 17.9 Å². The van der Waals surface area contributed by atoms with E-state index in [1.54, 1.807) is 24.3 Å². The second-order valence-electron chi connectivity index (χ2n) is 6.68. The predicted molar refractivity (Wildman–Crippen MR) is 115 cm³/mol. The van der Waals surface area contributed by atoms with Crippen molar-refractivity contribution in [1.82, 2.24) is 20.6 Å². The van der Waals surface area contributed by atoms with Gasteiger partial charge in [0, 0.05) is 6.42 Å². The minimum absolute atomic E-state index is 0.0867. The number of carbonyl (C=O) groups is 2. The first-order valence-electron chi connectivity index (χ1n) is 9.69. The van der Waals surface area contributed by atoms with Gasteiger partial charge in [0.15, 0.2) is 22.9 Å². The molecule has 0 aliphatic rings. The molecule has 1 heterocycles. The Morgan fingerprint density at radius 2 is 1.66 bits per heavy atom. The maximum Gasteiger partial charge on any atom is 0.294 e. The summed E-state index contributed by atoms with van der Waals surface area (Å²) in [5.41, 5.74) is 5.84. The normalized spacial score (nSPS) is 10.3. The second kappa shape index (κ2) is 10.2. The van der Waals surface area contributed by atoms with Crippen molar-refractivity contribution in [2.24, 2.45) is 0 Å². The Labute approximate surface area is 184 Å². The Bertz CT molecular complexity index is 1070. The summed E-state index contributed by atoms with van der Waals surface area (Å²) in [6.07, 6.45) is 1.77. The number of methoxy groups -OCH3 is 3. The van der Waals surface area contributed by atoms with E-state index < -0.39 is 11.8 Å². The number of rotatable bonds is 8. The summed E-state index contributed by atoms with van der Waals surface area (Å²) in [7, 11) is 4.53. The van der Waals surface area contributed by atoms with Gasteiger partial charge in [-0.25, -0.2) is 4.68 Å². The van der Waals surface area contributed by atoms with Crippen LogP contribution in [0.3, 0.4) is 0 Å². The van der Waals surface area contributed by atoms with Crippen LogP contribution in [0.2, 0.25) is 0 Å². The molecule has 0 spiro atoms. The van der Waals surface area contributed by atoms with Crippen molar-refractivity contribution in [3.05, 3.63) is 59.9 Å². The molecule has 3 aromatic rings. The monoisotopic (exact) mass is 440 g/mol. The number of hydrogen-bond donors (Lipinski definition) is 3. The first-order chi connectivity index (χ1) is 15.5. The van der Waals surface area contributed by atoms with Gasteiger partial charge in [-0.2, -0.15) is 5.10 Å². The van der Waals surface area contributed by atoms with Gasteiger partial charge in [0.2, 0.25) is 11.7 Å².